The third-order valence-electron chi connectivity index (χ3n) is 1.84. The van der Waals surface area contributed by atoms with Crippen LogP contribution in [0.3, 0.4) is 0 Å². The molecule has 86 valence electrons. The molecule has 0 saturated heterocycles. The van der Waals surface area contributed by atoms with Crippen molar-refractivity contribution in [2.75, 3.05) is 0 Å². The smallest absolute Gasteiger partial charge is 0.411 e. The zero-order chi connectivity index (χ0) is 12.1. The van der Waals surface area contributed by atoms with E-state index in [0.29, 0.717) is 5.70 Å². The average Bonchev–Trinajstić information content (AvgIpc) is 2.16. The van der Waals surface area contributed by atoms with Crippen molar-refractivity contribution < 1.29 is 13.9 Å². The number of halogens is 1. The first-order valence-electron chi connectivity index (χ1n) is 4.73. The van der Waals surface area contributed by atoms with Gasteiger partial charge in [0.25, 0.3) is 0 Å². The third kappa shape index (κ3) is 3.34. The van der Waals surface area contributed by atoms with Crippen LogP contribution in [0.4, 0.5) is 9.18 Å². The van der Waals surface area contributed by atoms with Crippen molar-refractivity contribution in [3.63, 3.8) is 0 Å². The van der Waals surface area contributed by atoms with Crippen molar-refractivity contribution >= 4 is 6.09 Å². The fraction of sp³-hybridized carbons (Fsp3) is 0.273. The lowest BCUT2D eigenvalue weighted by molar-refractivity contribution is 0.108. The summed E-state index contributed by atoms with van der Waals surface area (Å²) in [6.07, 6.45) is 1.18. The molecule has 16 heavy (non-hydrogen) atoms. The summed E-state index contributed by atoms with van der Waals surface area (Å²) in [4.78, 5) is 14.8. The Bertz CT molecular complexity index is 407. The minimum atomic E-state index is -0.678. The van der Waals surface area contributed by atoms with Gasteiger partial charge in [0, 0.05) is 17.5 Å². The van der Waals surface area contributed by atoms with Crippen molar-refractivity contribution in [1.82, 2.24) is 10.3 Å². The minimum absolute atomic E-state index is 0.284. The van der Waals surface area contributed by atoms with Crippen molar-refractivity contribution in [3.05, 3.63) is 42.1 Å². The monoisotopic (exact) mass is 224 g/mol. The molecule has 0 aliphatic heterocycles. The predicted octanol–water partition coefficient (Wildman–Crippen LogP) is 2.54. The van der Waals surface area contributed by atoms with E-state index < -0.39 is 18.0 Å². The molecule has 0 aliphatic rings. The third-order valence-corrected chi connectivity index (χ3v) is 1.84. The van der Waals surface area contributed by atoms with Gasteiger partial charge in [-0.2, -0.15) is 0 Å². The number of hydrogen-bond acceptors (Lipinski definition) is 3. The number of ether oxygens (including phenoxy) is 1. The molecule has 1 atom stereocenters. The SMILES string of the molecule is C=C(C)NC(=O)OC(C)c1ccncc1F. The van der Waals surface area contributed by atoms with E-state index in [1.807, 2.05) is 0 Å². The highest BCUT2D eigenvalue weighted by Gasteiger charge is 2.15. The summed E-state index contributed by atoms with van der Waals surface area (Å²) in [6.45, 7) is 6.70. The number of alkyl carbamates (subject to hydrolysis) is 1. The van der Waals surface area contributed by atoms with Crippen LogP contribution in [-0.4, -0.2) is 11.1 Å². The summed E-state index contributed by atoms with van der Waals surface area (Å²) in [5.41, 5.74) is 0.749. The normalized spacial score (nSPS) is 11.7. The van der Waals surface area contributed by atoms with Gasteiger partial charge < -0.3 is 4.74 Å². The number of nitrogens with zero attached hydrogens (tertiary/aromatic N) is 1. The number of carbonyl (C=O) groups is 1. The molecule has 0 fully saturated rings. The predicted molar refractivity (Wildman–Crippen MR) is 57.0 cm³/mol. The Balaban J connectivity index is 2.66. The molecule has 0 aliphatic carbocycles. The van der Waals surface area contributed by atoms with Gasteiger partial charge >= 0.3 is 6.09 Å². The largest absolute Gasteiger partial charge is 0.441 e. The van der Waals surface area contributed by atoms with E-state index in [1.54, 1.807) is 13.8 Å². The summed E-state index contributed by atoms with van der Waals surface area (Å²) in [6, 6.07) is 1.47. The van der Waals surface area contributed by atoms with Crippen LogP contribution in [0.2, 0.25) is 0 Å². The minimum Gasteiger partial charge on any atom is -0.441 e. The fourth-order valence-corrected chi connectivity index (χ4v) is 1.14. The maximum absolute atomic E-state index is 13.3. The Kier molecular flexibility index (Phi) is 3.99. The topological polar surface area (TPSA) is 51.2 Å². The molecule has 0 spiro atoms. The highest BCUT2D eigenvalue weighted by Crippen LogP contribution is 2.18. The highest BCUT2D eigenvalue weighted by atomic mass is 19.1. The first-order valence-corrected chi connectivity index (χ1v) is 4.73. The summed E-state index contributed by atoms with van der Waals surface area (Å²) >= 11 is 0. The lowest BCUT2D eigenvalue weighted by Gasteiger charge is -2.14. The van der Waals surface area contributed by atoms with E-state index in [9.17, 15) is 9.18 Å². The Morgan fingerprint density at radius 3 is 2.94 bits per heavy atom. The van der Waals surface area contributed by atoms with Crippen LogP contribution in [0.5, 0.6) is 0 Å². The molecule has 1 rings (SSSR count). The van der Waals surface area contributed by atoms with E-state index in [1.165, 1.54) is 12.3 Å². The van der Waals surface area contributed by atoms with E-state index >= 15 is 0 Å². The Hall–Kier alpha value is -1.91. The summed E-state index contributed by atoms with van der Waals surface area (Å²) in [7, 11) is 0. The molecule has 4 nitrogen and oxygen atoms in total. The Morgan fingerprint density at radius 1 is 1.69 bits per heavy atom. The van der Waals surface area contributed by atoms with Crippen molar-refractivity contribution in [3.8, 4) is 0 Å². The van der Waals surface area contributed by atoms with E-state index in [-0.39, 0.29) is 5.56 Å². The Morgan fingerprint density at radius 2 is 2.38 bits per heavy atom. The van der Waals surface area contributed by atoms with Crippen molar-refractivity contribution in [2.45, 2.75) is 20.0 Å². The van der Waals surface area contributed by atoms with Gasteiger partial charge in [0.2, 0.25) is 0 Å². The molecule has 1 N–H and O–H groups in total. The lowest BCUT2D eigenvalue weighted by Crippen LogP contribution is -2.23. The molecular formula is C11H13FN2O2. The number of amides is 1. The van der Waals surface area contributed by atoms with Crippen LogP contribution < -0.4 is 5.32 Å². The standard InChI is InChI=1S/C11H13FN2O2/c1-7(2)14-11(15)16-8(3)9-4-5-13-6-10(9)12/h4-6,8H,1H2,2-3H3,(H,14,15). The van der Waals surface area contributed by atoms with Gasteiger partial charge in [0.05, 0.1) is 6.20 Å². The second-order valence-corrected chi connectivity index (χ2v) is 3.35. The molecule has 0 aromatic carbocycles. The number of rotatable bonds is 3. The van der Waals surface area contributed by atoms with Gasteiger partial charge in [-0.3, -0.25) is 10.3 Å². The number of pyridine rings is 1. The zero-order valence-electron chi connectivity index (χ0n) is 9.16. The van der Waals surface area contributed by atoms with E-state index in [0.717, 1.165) is 6.20 Å². The van der Waals surface area contributed by atoms with Crippen molar-refractivity contribution in [2.24, 2.45) is 0 Å². The van der Waals surface area contributed by atoms with Gasteiger partial charge in [-0.05, 0) is 19.9 Å². The fourth-order valence-electron chi connectivity index (χ4n) is 1.14. The second kappa shape index (κ2) is 5.25. The first kappa shape index (κ1) is 12.2. The number of hydrogen-bond donors (Lipinski definition) is 1. The average molecular weight is 224 g/mol. The van der Waals surface area contributed by atoms with Gasteiger partial charge in [-0.1, -0.05) is 6.58 Å². The number of carbonyl (C=O) groups excluding carboxylic acids is 1. The maximum atomic E-state index is 13.3. The second-order valence-electron chi connectivity index (χ2n) is 3.35. The Labute approximate surface area is 93.1 Å². The van der Waals surface area contributed by atoms with Gasteiger partial charge in [0.1, 0.15) is 11.9 Å². The van der Waals surface area contributed by atoms with Crippen LogP contribution >= 0.6 is 0 Å². The van der Waals surface area contributed by atoms with Crippen molar-refractivity contribution in [1.29, 1.82) is 0 Å². The number of allylic oxidation sites excluding steroid dienone is 1. The van der Waals surface area contributed by atoms with Crippen LogP contribution in [0, 0.1) is 5.82 Å². The van der Waals surface area contributed by atoms with Crippen LogP contribution in [0.1, 0.15) is 25.5 Å². The number of aromatic nitrogens is 1. The van der Waals surface area contributed by atoms with Crippen LogP contribution in [-0.2, 0) is 4.74 Å². The molecule has 1 unspecified atom stereocenters. The lowest BCUT2D eigenvalue weighted by atomic mass is 10.2. The molecule has 1 aromatic heterocycles. The summed E-state index contributed by atoms with van der Waals surface area (Å²) in [5, 5.41) is 2.37. The summed E-state index contributed by atoms with van der Waals surface area (Å²) < 4.78 is 18.2. The molecule has 0 radical (unpaired) electrons. The molecular weight excluding hydrogens is 211 g/mol. The highest BCUT2D eigenvalue weighted by molar-refractivity contribution is 5.69. The van der Waals surface area contributed by atoms with Crippen LogP contribution in [0.15, 0.2) is 30.7 Å². The quantitative estimate of drug-likeness (QED) is 0.858. The van der Waals surface area contributed by atoms with E-state index in [4.69, 9.17) is 4.74 Å². The van der Waals surface area contributed by atoms with Gasteiger partial charge in [0.15, 0.2) is 0 Å². The van der Waals surface area contributed by atoms with Gasteiger partial charge in [-0.25, -0.2) is 9.18 Å². The summed E-state index contributed by atoms with van der Waals surface area (Å²) in [5.74, 6) is -0.502. The maximum Gasteiger partial charge on any atom is 0.411 e. The first-order chi connectivity index (χ1) is 7.50. The molecule has 1 heterocycles. The van der Waals surface area contributed by atoms with E-state index in [2.05, 4.69) is 16.9 Å². The van der Waals surface area contributed by atoms with Gasteiger partial charge in [-0.15, -0.1) is 0 Å². The molecule has 5 heteroatoms. The molecule has 0 saturated carbocycles. The van der Waals surface area contributed by atoms with Crippen LogP contribution in [0.25, 0.3) is 0 Å². The molecule has 0 bridgehead atoms. The number of nitrogens with one attached hydrogen (secondary N) is 1. The molecule has 1 aromatic rings. The molecule has 1 amide bonds. The zero-order valence-corrected chi connectivity index (χ0v) is 9.16.